The highest BCUT2D eigenvalue weighted by molar-refractivity contribution is 7.99. The molecule has 3 aliphatic heterocycles. The van der Waals surface area contributed by atoms with E-state index >= 15 is 0 Å². The van der Waals surface area contributed by atoms with Gasteiger partial charge in [-0.3, -0.25) is 9.59 Å². The van der Waals surface area contributed by atoms with Crippen molar-refractivity contribution in [2.45, 2.75) is 196 Å². The van der Waals surface area contributed by atoms with Gasteiger partial charge in [0.05, 0.1) is 18.2 Å². The van der Waals surface area contributed by atoms with Crippen LogP contribution >= 0.6 is 11.8 Å². The van der Waals surface area contributed by atoms with Crippen molar-refractivity contribution in [3.63, 3.8) is 0 Å². The predicted octanol–water partition coefficient (Wildman–Crippen LogP) is 5.98. The van der Waals surface area contributed by atoms with Crippen molar-refractivity contribution in [2.75, 3.05) is 39.6 Å². The van der Waals surface area contributed by atoms with Crippen molar-refractivity contribution >= 4 is 23.7 Å². The summed E-state index contributed by atoms with van der Waals surface area (Å²) in [6.45, 7) is 13.5. The van der Waals surface area contributed by atoms with Gasteiger partial charge in [0, 0.05) is 50.1 Å². The van der Waals surface area contributed by atoms with Crippen LogP contribution in [-0.4, -0.2) is 148 Å². The van der Waals surface area contributed by atoms with Crippen LogP contribution < -0.4 is 5.73 Å². The van der Waals surface area contributed by atoms with E-state index in [-0.39, 0.29) is 13.2 Å². The lowest BCUT2D eigenvalue weighted by Gasteiger charge is -2.50. The Morgan fingerprint density at radius 3 is 1.76 bits per heavy atom. The van der Waals surface area contributed by atoms with E-state index < -0.39 is 103 Å². The van der Waals surface area contributed by atoms with Gasteiger partial charge in [-0.05, 0) is 50.3 Å². The molecule has 63 heavy (non-hydrogen) atoms. The van der Waals surface area contributed by atoms with Crippen molar-refractivity contribution in [3.05, 3.63) is 40.8 Å². The summed E-state index contributed by atoms with van der Waals surface area (Å²) in [5.41, 5.74) is 15.9. The molecule has 3 saturated heterocycles. The minimum Gasteiger partial charge on any atom is -0.463 e. The average molecular weight is 913 g/mol. The third-order valence-electron chi connectivity index (χ3n) is 11.0. The number of nitrogens with two attached hydrogens (primary N) is 1. The number of rotatable bonds is 27. The number of hydrogen-bond acceptors (Lipinski definition) is 17. The minimum absolute atomic E-state index is 0.165. The number of carbonyl (C=O) groups excluding carboxylic acids is 2. The Kier molecular flexibility index (Phi) is 23.9. The number of benzene rings is 1. The van der Waals surface area contributed by atoms with Crippen LogP contribution in [0.25, 0.3) is 10.4 Å². The van der Waals surface area contributed by atoms with E-state index in [1.165, 1.54) is 25.6 Å². The third kappa shape index (κ3) is 16.0. The number of nitrogens with zero attached hydrogens (tertiary/aromatic N) is 3. The first kappa shape index (κ1) is 53.0. The molecule has 1 aromatic carbocycles. The second-order valence-electron chi connectivity index (χ2n) is 16.1. The van der Waals surface area contributed by atoms with Gasteiger partial charge in [0.25, 0.3) is 0 Å². The molecule has 3 N–H and O–H groups in total. The lowest BCUT2D eigenvalue weighted by atomic mass is 9.95. The SMILES string of the molecule is CCCCOC1C(N=[N+]=[N-])[C@@H](O[C@@H]2C(C)O[C@@H](O[C@@H]3C(COC(C)=O)OC(Sc4ccccc4)[C@@H](N)C3O)[C@@H](OCCCC)C2OCCCC)OC(COC(C)=O)[C@H]1OCCCC. The molecule has 3 fully saturated rings. The van der Waals surface area contributed by atoms with Crippen LogP contribution in [0.5, 0.6) is 0 Å². The van der Waals surface area contributed by atoms with Gasteiger partial charge >= 0.3 is 11.9 Å². The molecule has 0 aliphatic carbocycles. The molecule has 0 aromatic heterocycles. The van der Waals surface area contributed by atoms with Gasteiger partial charge in [-0.25, -0.2) is 0 Å². The molecular formula is C44H72N4O14S. The van der Waals surface area contributed by atoms with Gasteiger partial charge in [0.1, 0.15) is 73.5 Å². The summed E-state index contributed by atoms with van der Waals surface area (Å²) in [6, 6.07) is 7.56. The first-order valence-corrected chi connectivity index (χ1v) is 23.6. The molecule has 4 rings (SSSR count). The normalized spacial score (nSPS) is 33.3. The molecule has 8 unspecified atom stereocenters. The van der Waals surface area contributed by atoms with Crippen molar-refractivity contribution in [2.24, 2.45) is 10.8 Å². The van der Waals surface area contributed by atoms with E-state index in [2.05, 4.69) is 10.0 Å². The molecule has 3 aliphatic rings. The zero-order valence-corrected chi connectivity index (χ0v) is 38.8. The largest absolute Gasteiger partial charge is 0.463 e. The Bertz CT molecular complexity index is 1520. The summed E-state index contributed by atoms with van der Waals surface area (Å²) in [5.74, 6) is -1.03. The van der Waals surface area contributed by atoms with Crippen molar-refractivity contribution < 1.29 is 66.8 Å². The lowest BCUT2D eigenvalue weighted by Crippen LogP contribution is -2.67. The summed E-state index contributed by atoms with van der Waals surface area (Å²) in [6.07, 6.45) is -5.34. The molecule has 3 heterocycles. The smallest absolute Gasteiger partial charge is 0.302 e. The Hall–Kier alpha value is -2.62. The minimum atomic E-state index is -1.28. The van der Waals surface area contributed by atoms with Gasteiger partial charge in [0.15, 0.2) is 12.6 Å². The van der Waals surface area contributed by atoms with Crippen LogP contribution in [0, 0.1) is 0 Å². The number of thioether (sulfide) groups is 1. The van der Waals surface area contributed by atoms with E-state index in [0.717, 1.165) is 49.8 Å². The van der Waals surface area contributed by atoms with E-state index in [4.69, 9.17) is 57.8 Å². The maximum absolute atomic E-state index is 12.1. The highest BCUT2D eigenvalue weighted by atomic mass is 32.2. The Labute approximate surface area is 376 Å². The van der Waals surface area contributed by atoms with Crippen molar-refractivity contribution in [1.82, 2.24) is 0 Å². The van der Waals surface area contributed by atoms with E-state index in [0.29, 0.717) is 32.8 Å². The summed E-state index contributed by atoms with van der Waals surface area (Å²) in [5, 5.41) is 16.0. The quantitative estimate of drug-likeness (QED) is 0.0340. The maximum Gasteiger partial charge on any atom is 0.302 e. The molecule has 0 amide bonds. The molecule has 15 atom stereocenters. The molecule has 19 heteroatoms. The monoisotopic (exact) mass is 912 g/mol. The van der Waals surface area contributed by atoms with Crippen molar-refractivity contribution in [1.29, 1.82) is 0 Å². The van der Waals surface area contributed by atoms with Crippen LogP contribution in [0.1, 0.15) is 99.8 Å². The van der Waals surface area contributed by atoms with Gasteiger partial charge in [0.2, 0.25) is 0 Å². The van der Waals surface area contributed by atoms with Gasteiger partial charge in [-0.1, -0.05) is 88.5 Å². The molecule has 0 radical (unpaired) electrons. The van der Waals surface area contributed by atoms with Crippen LogP contribution in [-0.2, 0) is 61.7 Å². The Morgan fingerprint density at radius 2 is 1.22 bits per heavy atom. The van der Waals surface area contributed by atoms with Crippen LogP contribution in [0.4, 0.5) is 0 Å². The zero-order valence-electron chi connectivity index (χ0n) is 38.0. The fourth-order valence-electron chi connectivity index (χ4n) is 7.49. The molecule has 358 valence electrons. The zero-order chi connectivity index (χ0) is 45.7. The topological polar surface area (TPSA) is 231 Å². The highest BCUT2D eigenvalue weighted by Crippen LogP contribution is 2.38. The molecule has 0 spiro atoms. The number of azide groups is 1. The number of ether oxygens (including phenoxy) is 11. The fourth-order valence-corrected chi connectivity index (χ4v) is 8.59. The van der Waals surface area contributed by atoms with Crippen LogP contribution in [0.2, 0.25) is 0 Å². The number of carbonyl (C=O) groups is 2. The summed E-state index contributed by atoms with van der Waals surface area (Å²) in [7, 11) is 0. The third-order valence-corrected chi connectivity index (χ3v) is 12.2. The van der Waals surface area contributed by atoms with Gasteiger partial charge < -0.3 is 62.9 Å². The number of esters is 2. The number of aliphatic hydroxyl groups excluding tert-OH is 1. The fraction of sp³-hybridized carbons (Fsp3) is 0.818. The molecule has 0 saturated carbocycles. The molecule has 1 aromatic rings. The molecule has 0 bridgehead atoms. The maximum atomic E-state index is 12.1. The molecule has 18 nitrogen and oxygen atoms in total. The van der Waals surface area contributed by atoms with Crippen LogP contribution in [0.3, 0.4) is 0 Å². The van der Waals surface area contributed by atoms with Crippen LogP contribution in [0.15, 0.2) is 40.3 Å². The van der Waals surface area contributed by atoms with Crippen molar-refractivity contribution in [3.8, 4) is 0 Å². The Balaban J connectivity index is 1.70. The number of aliphatic hydroxyl groups is 1. The summed E-state index contributed by atoms with van der Waals surface area (Å²) < 4.78 is 70.1. The highest BCUT2D eigenvalue weighted by Gasteiger charge is 2.55. The number of hydrogen-bond donors (Lipinski definition) is 2. The second kappa shape index (κ2) is 28.4. The Morgan fingerprint density at radius 1 is 0.714 bits per heavy atom. The summed E-state index contributed by atoms with van der Waals surface area (Å²) >= 11 is 1.34. The summed E-state index contributed by atoms with van der Waals surface area (Å²) in [4.78, 5) is 28.2. The predicted molar refractivity (Wildman–Crippen MR) is 232 cm³/mol. The lowest BCUT2D eigenvalue weighted by molar-refractivity contribution is -0.365. The standard InChI is InChI=1S/C44H72N4O14S/c1-8-12-21-52-38-32(26-57-29(7)50)59-42(34(47-48-46)39(38)53-22-13-9-2)61-36-27(5)58-43(41(55-24-15-11-4)40(36)54-23-14-10-3)62-37-31(25-56-28(6)49)60-44(33(45)35(37)51)63-30-19-17-16-18-20-30/h16-20,27,31-44,51H,8-15,21-26,45H2,1-7H3/t27?,31?,32?,33-,34?,35?,36+,37+,38+,39?,40?,41-,42+,43-,44?/m0/s1. The number of unbranched alkanes of at least 4 members (excludes halogenated alkanes) is 4. The van der Waals surface area contributed by atoms with Gasteiger partial charge in [-0.2, -0.15) is 0 Å². The van der Waals surface area contributed by atoms with E-state index in [1.54, 1.807) is 6.92 Å². The second-order valence-corrected chi connectivity index (χ2v) is 17.2. The van der Waals surface area contributed by atoms with E-state index in [9.17, 15) is 20.2 Å². The first-order chi connectivity index (χ1) is 30.5. The van der Waals surface area contributed by atoms with E-state index in [1.807, 2.05) is 58.0 Å². The van der Waals surface area contributed by atoms with Gasteiger partial charge in [-0.15, -0.1) is 0 Å². The average Bonchev–Trinajstić information content (AvgIpc) is 3.26. The molecular weight excluding hydrogens is 841 g/mol. The first-order valence-electron chi connectivity index (χ1n) is 22.7.